The second kappa shape index (κ2) is 4.60. The quantitative estimate of drug-likeness (QED) is 0.780. The summed E-state index contributed by atoms with van der Waals surface area (Å²) >= 11 is 5.99. The minimum absolute atomic E-state index is 0.292. The van der Waals surface area contributed by atoms with Gasteiger partial charge in [-0.05, 0) is 13.0 Å². The molecule has 0 aliphatic carbocycles. The molecule has 2 heterocycles. The smallest absolute Gasteiger partial charge is 0.185 e. The average molecular weight is 275 g/mol. The summed E-state index contributed by atoms with van der Waals surface area (Å²) in [5, 5.41) is 22.5. The molecule has 3 aromatic rings. The van der Waals surface area contributed by atoms with E-state index in [2.05, 4.69) is 15.3 Å². The highest BCUT2D eigenvalue weighted by Crippen LogP contribution is 2.24. The second-order valence-electron chi connectivity index (χ2n) is 4.22. The molecule has 1 atom stereocenters. The second-order valence-corrected chi connectivity index (χ2v) is 4.61. The van der Waals surface area contributed by atoms with Crippen molar-refractivity contribution in [2.45, 2.75) is 13.0 Å². The first kappa shape index (κ1) is 12.1. The van der Waals surface area contributed by atoms with E-state index in [-0.39, 0.29) is 0 Å². The number of hydrogen-bond donors (Lipinski definition) is 1. The molecule has 0 aliphatic rings. The summed E-state index contributed by atoms with van der Waals surface area (Å²) in [6, 6.07) is 11.2. The Morgan fingerprint density at radius 3 is 2.63 bits per heavy atom. The number of aromatic nitrogens is 4. The standard InChI is InChI=1S/C13H11ClN4O/c1-8(19)10-7-11(14)17-18-12(15-16-13(10)18)9-5-3-2-4-6-9/h2-8,19H,1H3. The first-order valence-corrected chi connectivity index (χ1v) is 6.20. The third-order valence-corrected chi connectivity index (χ3v) is 3.04. The van der Waals surface area contributed by atoms with Crippen LogP contribution in [0.25, 0.3) is 17.0 Å². The number of aliphatic hydroxyl groups excluding tert-OH is 1. The maximum absolute atomic E-state index is 9.76. The van der Waals surface area contributed by atoms with Gasteiger partial charge in [-0.1, -0.05) is 41.9 Å². The highest BCUT2D eigenvalue weighted by molar-refractivity contribution is 6.29. The average Bonchev–Trinajstić information content (AvgIpc) is 2.82. The van der Waals surface area contributed by atoms with E-state index in [1.54, 1.807) is 17.5 Å². The molecule has 96 valence electrons. The molecule has 2 aromatic heterocycles. The van der Waals surface area contributed by atoms with Crippen LogP contribution in [0.3, 0.4) is 0 Å². The summed E-state index contributed by atoms with van der Waals surface area (Å²) in [6.45, 7) is 1.66. The third-order valence-electron chi connectivity index (χ3n) is 2.85. The van der Waals surface area contributed by atoms with E-state index in [1.807, 2.05) is 30.3 Å². The number of rotatable bonds is 2. The lowest BCUT2D eigenvalue weighted by atomic mass is 10.2. The Morgan fingerprint density at radius 2 is 1.95 bits per heavy atom. The predicted octanol–water partition coefficient (Wildman–Crippen LogP) is 2.50. The molecule has 1 N–H and O–H groups in total. The Morgan fingerprint density at radius 1 is 1.21 bits per heavy atom. The molecule has 19 heavy (non-hydrogen) atoms. The summed E-state index contributed by atoms with van der Waals surface area (Å²) in [7, 11) is 0. The fraction of sp³-hybridized carbons (Fsp3) is 0.154. The van der Waals surface area contributed by atoms with Gasteiger partial charge in [0, 0.05) is 11.1 Å². The number of fused-ring (bicyclic) bond motifs is 1. The van der Waals surface area contributed by atoms with Gasteiger partial charge in [0.2, 0.25) is 0 Å². The zero-order valence-electron chi connectivity index (χ0n) is 10.2. The van der Waals surface area contributed by atoms with Crippen molar-refractivity contribution in [3.05, 3.63) is 47.1 Å². The highest BCUT2D eigenvalue weighted by Gasteiger charge is 2.16. The molecule has 0 saturated heterocycles. The van der Waals surface area contributed by atoms with Gasteiger partial charge in [-0.15, -0.1) is 10.2 Å². The molecule has 6 heteroatoms. The lowest BCUT2D eigenvalue weighted by Gasteiger charge is -2.06. The van der Waals surface area contributed by atoms with Gasteiger partial charge in [0.15, 0.2) is 16.6 Å². The SMILES string of the molecule is CC(O)c1cc(Cl)nn2c(-c3ccccc3)nnc12. The normalized spacial score (nSPS) is 12.8. The van der Waals surface area contributed by atoms with Crippen LogP contribution < -0.4 is 0 Å². The van der Waals surface area contributed by atoms with E-state index < -0.39 is 6.10 Å². The summed E-state index contributed by atoms with van der Waals surface area (Å²) < 4.78 is 1.56. The topological polar surface area (TPSA) is 63.3 Å². The molecule has 1 aromatic carbocycles. The molecule has 3 rings (SSSR count). The number of nitrogens with zero attached hydrogens (tertiary/aromatic N) is 4. The van der Waals surface area contributed by atoms with E-state index in [9.17, 15) is 5.11 Å². The van der Waals surface area contributed by atoms with Gasteiger partial charge < -0.3 is 5.11 Å². The Hall–Kier alpha value is -1.98. The van der Waals surface area contributed by atoms with Crippen LogP contribution in [0.5, 0.6) is 0 Å². The van der Waals surface area contributed by atoms with Crippen LogP contribution in [0.4, 0.5) is 0 Å². The van der Waals surface area contributed by atoms with Gasteiger partial charge in [0.25, 0.3) is 0 Å². The van der Waals surface area contributed by atoms with Crippen molar-refractivity contribution in [1.29, 1.82) is 0 Å². The van der Waals surface area contributed by atoms with Gasteiger partial charge in [-0.2, -0.15) is 9.61 Å². The van der Waals surface area contributed by atoms with Crippen LogP contribution >= 0.6 is 11.6 Å². The van der Waals surface area contributed by atoms with E-state index >= 15 is 0 Å². The van der Waals surface area contributed by atoms with Gasteiger partial charge in [-0.25, -0.2) is 0 Å². The number of hydrogen-bond acceptors (Lipinski definition) is 4. The van der Waals surface area contributed by atoms with E-state index in [0.717, 1.165) is 5.56 Å². The number of halogens is 1. The van der Waals surface area contributed by atoms with Crippen molar-refractivity contribution in [1.82, 2.24) is 19.8 Å². The molecule has 0 spiro atoms. The summed E-state index contributed by atoms with van der Waals surface area (Å²) in [4.78, 5) is 0. The first-order chi connectivity index (χ1) is 9.16. The third kappa shape index (κ3) is 2.07. The monoisotopic (exact) mass is 274 g/mol. The minimum Gasteiger partial charge on any atom is -0.389 e. The van der Waals surface area contributed by atoms with Gasteiger partial charge in [-0.3, -0.25) is 0 Å². The maximum Gasteiger partial charge on any atom is 0.185 e. The van der Waals surface area contributed by atoms with Gasteiger partial charge in [0.05, 0.1) is 6.10 Å². The molecule has 0 saturated carbocycles. The van der Waals surface area contributed by atoms with Crippen molar-refractivity contribution in [2.24, 2.45) is 0 Å². The molecule has 1 unspecified atom stereocenters. The van der Waals surface area contributed by atoms with Crippen molar-refractivity contribution in [3.8, 4) is 11.4 Å². The fourth-order valence-electron chi connectivity index (χ4n) is 1.95. The Kier molecular flexibility index (Phi) is 2.93. The molecule has 0 radical (unpaired) electrons. The van der Waals surface area contributed by atoms with Crippen LogP contribution in [0, 0.1) is 0 Å². The highest BCUT2D eigenvalue weighted by atomic mass is 35.5. The largest absolute Gasteiger partial charge is 0.389 e. The van der Waals surface area contributed by atoms with Crippen LogP contribution in [0.15, 0.2) is 36.4 Å². The molecule has 5 nitrogen and oxygen atoms in total. The van der Waals surface area contributed by atoms with Crippen molar-refractivity contribution < 1.29 is 5.11 Å². The van der Waals surface area contributed by atoms with Crippen LogP contribution in [0.1, 0.15) is 18.6 Å². The molecular formula is C13H11ClN4O. The summed E-state index contributed by atoms with van der Waals surface area (Å²) in [5.74, 6) is 0.597. The van der Waals surface area contributed by atoms with Crippen molar-refractivity contribution >= 4 is 17.2 Å². The van der Waals surface area contributed by atoms with Crippen molar-refractivity contribution in [2.75, 3.05) is 0 Å². The molecule has 0 amide bonds. The summed E-state index contributed by atoms with van der Waals surface area (Å²) in [5.41, 5.74) is 2.01. The van der Waals surface area contributed by atoms with Crippen molar-refractivity contribution in [3.63, 3.8) is 0 Å². The Balaban J connectivity index is 2.29. The van der Waals surface area contributed by atoms with Gasteiger partial charge >= 0.3 is 0 Å². The minimum atomic E-state index is -0.684. The lowest BCUT2D eigenvalue weighted by molar-refractivity contribution is 0.200. The zero-order chi connectivity index (χ0) is 13.4. The van der Waals surface area contributed by atoms with Gasteiger partial charge in [0.1, 0.15) is 0 Å². The van der Waals surface area contributed by atoms with Crippen LogP contribution in [-0.4, -0.2) is 24.9 Å². The van der Waals surface area contributed by atoms with Crippen LogP contribution in [-0.2, 0) is 0 Å². The lowest BCUT2D eigenvalue weighted by Crippen LogP contribution is -2.01. The zero-order valence-corrected chi connectivity index (χ0v) is 10.9. The summed E-state index contributed by atoms with van der Waals surface area (Å²) in [6.07, 6.45) is -0.684. The van der Waals surface area contributed by atoms with E-state index in [4.69, 9.17) is 11.6 Å². The fourth-order valence-corrected chi connectivity index (χ4v) is 2.14. The number of aliphatic hydroxyl groups is 1. The molecule has 0 bridgehead atoms. The van der Waals surface area contributed by atoms with E-state index in [1.165, 1.54) is 0 Å². The molecular weight excluding hydrogens is 264 g/mol. The molecule has 0 aliphatic heterocycles. The number of benzene rings is 1. The Labute approximate surface area is 114 Å². The molecule has 0 fully saturated rings. The van der Waals surface area contributed by atoms with Crippen LogP contribution in [0.2, 0.25) is 5.15 Å². The van der Waals surface area contributed by atoms with E-state index in [0.29, 0.717) is 22.2 Å². The Bertz CT molecular complexity index is 724. The first-order valence-electron chi connectivity index (χ1n) is 5.82. The predicted molar refractivity (Wildman–Crippen MR) is 71.9 cm³/mol. The maximum atomic E-state index is 9.76.